The average Bonchev–Trinajstić information content (AvgIpc) is 2.94. The molecule has 0 aliphatic rings. The highest BCUT2D eigenvalue weighted by Gasteiger charge is 2.22. The number of anilines is 2. The number of azo groups is 1. The lowest BCUT2D eigenvalue weighted by Crippen LogP contribution is -2.04. The van der Waals surface area contributed by atoms with Crippen molar-refractivity contribution in [3.05, 3.63) is 47.7 Å². The first-order chi connectivity index (χ1) is 19.9. The first kappa shape index (κ1) is 31.4. The van der Waals surface area contributed by atoms with Gasteiger partial charge in [0.2, 0.25) is 31.8 Å². The molecule has 0 spiro atoms. The van der Waals surface area contributed by atoms with Gasteiger partial charge in [-0.2, -0.15) is 28.5 Å². The summed E-state index contributed by atoms with van der Waals surface area (Å²) >= 11 is 6.29. The monoisotopic (exact) mass is 676 g/mol. The highest BCUT2D eigenvalue weighted by atomic mass is 35.5. The van der Waals surface area contributed by atoms with Gasteiger partial charge in [-0.05, 0) is 53.4 Å². The Kier molecular flexibility index (Phi) is 9.56. The van der Waals surface area contributed by atoms with Gasteiger partial charge in [0, 0.05) is 5.39 Å². The number of aromatic hydroxyl groups is 1. The fraction of sp³-hybridized carbons (Fsp3) is 0. The van der Waals surface area contributed by atoms with E-state index in [1.165, 1.54) is 18.2 Å². The first-order valence-electron chi connectivity index (χ1n) is 10.5. The van der Waals surface area contributed by atoms with Crippen LogP contribution in [0.15, 0.2) is 72.5 Å². The SMILES string of the molecule is O=CS(=O)(=O)c1cccc(N=Nc2c(SOOO)cc3cc(S(=O)(=O)O)cc(Nc4nc(Cl)nc(SO)n4)c3c2O)c1. The number of halogens is 1. The van der Waals surface area contributed by atoms with Crippen LogP contribution in [-0.4, -0.2) is 56.9 Å². The Morgan fingerprint density at radius 1 is 1.02 bits per heavy atom. The molecule has 220 valence electrons. The van der Waals surface area contributed by atoms with Crippen molar-refractivity contribution < 1.29 is 50.5 Å². The number of nitrogens with one attached hydrogen (secondary N) is 1. The van der Waals surface area contributed by atoms with E-state index in [9.17, 15) is 35.8 Å². The fourth-order valence-corrected chi connectivity index (χ4v) is 5.52. The Morgan fingerprint density at radius 2 is 1.79 bits per heavy atom. The molecule has 1 heterocycles. The lowest BCUT2D eigenvalue weighted by Gasteiger charge is -2.15. The Hall–Kier alpha value is -3.51. The number of nitrogens with zero attached hydrogens (tertiary/aromatic N) is 5. The third kappa shape index (κ3) is 7.09. The second-order valence-electron chi connectivity index (χ2n) is 7.61. The molecule has 0 saturated carbocycles. The van der Waals surface area contributed by atoms with Crippen molar-refractivity contribution in [1.82, 2.24) is 15.0 Å². The molecule has 3 aromatic carbocycles. The first-order valence-corrected chi connectivity index (χ1v) is 15.4. The predicted molar refractivity (Wildman–Crippen MR) is 147 cm³/mol. The van der Waals surface area contributed by atoms with Crippen molar-refractivity contribution in [2.45, 2.75) is 19.8 Å². The molecule has 0 aliphatic heterocycles. The van der Waals surface area contributed by atoms with Gasteiger partial charge in [-0.3, -0.25) is 9.35 Å². The Bertz CT molecular complexity index is 1950. The van der Waals surface area contributed by atoms with E-state index in [1.807, 2.05) is 0 Å². The molecule has 0 bridgehead atoms. The van der Waals surface area contributed by atoms with Crippen LogP contribution >= 0.6 is 35.7 Å². The second kappa shape index (κ2) is 12.8. The van der Waals surface area contributed by atoms with Gasteiger partial charge in [-0.15, -0.1) is 9.45 Å². The van der Waals surface area contributed by atoms with Crippen LogP contribution < -0.4 is 5.32 Å². The maximum Gasteiger partial charge on any atom is 0.294 e. The molecule has 42 heavy (non-hydrogen) atoms. The average molecular weight is 677 g/mol. The van der Waals surface area contributed by atoms with E-state index in [0.717, 1.165) is 24.3 Å². The number of aromatic nitrogens is 3. The maximum atomic E-state index is 12.0. The second-order valence-corrected chi connectivity index (χ2v) is 12.4. The number of hydrogen-bond acceptors (Lipinski definition) is 18. The van der Waals surface area contributed by atoms with Gasteiger partial charge in [0.1, 0.15) is 5.69 Å². The van der Waals surface area contributed by atoms with Crippen molar-refractivity contribution in [3.8, 4) is 5.75 Å². The Morgan fingerprint density at radius 3 is 2.45 bits per heavy atom. The van der Waals surface area contributed by atoms with Crippen molar-refractivity contribution in [3.63, 3.8) is 0 Å². The van der Waals surface area contributed by atoms with E-state index in [0.29, 0.717) is 12.0 Å². The normalized spacial score (nSPS) is 12.2. The molecule has 0 amide bonds. The highest BCUT2D eigenvalue weighted by molar-refractivity contribution is 8.04. The van der Waals surface area contributed by atoms with E-state index >= 15 is 0 Å². The highest BCUT2D eigenvalue weighted by Crippen LogP contribution is 2.47. The molecule has 5 N–H and O–H groups in total. The van der Waals surface area contributed by atoms with Gasteiger partial charge >= 0.3 is 0 Å². The summed E-state index contributed by atoms with van der Waals surface area (Å²) in [6.07, 6.45) is 0. The van der Waals surface area contributed by atoms with Crippen LogP contribution in [-0.2, 0) is 34.1 Å². The molecule has 0 fully saturated rings. The van der Waals surface area contributed by atoms with Crippen molar-refractivity contribution in [1.29, 1.82) is 0 Å². The maximum absolute atomic E-state index is 12.0. The zero-order valence-corrected chi connectivity index (χ0v) is 24.0. The predicted octanol–water partition coefficient (Wildman–Crippen LogP) is 4.75. The zero-order valence-electron chi connectivity index (χ0n) is 20.0. The molecule has 0 aliphatic carbocycles. The van der Waals surface area contributed by atoms with Gasteiger partial charge in [0.15, 0.2) is 5.75 Å². The Balaban J connectivity index is 1.95. The van der Waals surface area contributed by atoms with E-state index < -0.39 is 30.6 Å². The summed E-state index contributed by atoms with van der Waals surface area (Å²) in [5.41, 5.74) is -0.852. The van der Waals surface area contributed by atoms with E-state index in [1.54, 1.807) is 0 Å². The minimum atomic E-state index is -4.81. The number of sulfone groups is 1. The van der Waals surface area contributed by atoms with E-state index in [-0.39, 0.29) is 71.7 Å². The minimum Gasteiger partial charge on any atom is -0.505 e. The molecule has 17 nitrogen and oxygen atoms in total. The quantitative estimate of drug-likeness (QED) is 0.0358. The van der Waals surface area contributed by atoms with Gasteiger partial charge < -0.3 is 15.0 Å². The molecule has 22 heteroatoms. The van der Waals surface area contributed by atoms with Crippen molar-refractivity contribution in [2.75, 3.05) is 5.32 Å². The third-order valence-electron chi connectivity index (χ3n) is 5.03. The number of phenolic OH excluding ortho intramolecular Hbond substituents is 1. The lowest BCUT2D eigenvalue weighted by atomic mass is 10.1. The number of carbonyl (C=O) groups excluding carboxylic acids is 1. The fourth-order valence-electron chi connectivity index (χ4n) is 3.35. The number of fused-ring (bicyclic) bond motifs is 1. The standard InChI is InChI=1S/C20H13ClN6O11S4/c21-18-23-19(25-20(24-18)39-31)22-13-7-12(42(34,35)36)4-9-5-14(40-38-37-30)16(17(29)15(9)13)27-26-10-2-1-3-11(6-10)41(32,33)8-28/h1-8,29-31H,(H,34,35,36)(H,22,23,24,25). The van der Waals surface area contributed by atoms with Crippen LogP contribution in [0.1, 0.15) is 0 Å². The van der Waals surface area contributed by atoms with Crippen LogP contribution in [0.5, 0.6) is 5.75 Å². The molecule has 4 rings (SSSR count). The molecule has 0 unspecified atom stereocenters. The zero-order chi connectivity index (χ0) is 30.7. The lowest BCUT2D eigenvalue weighted by molar-refractivity contribution is -0.432. The largest absolute Gasteiger partial charge is 0.505 e. The van der Waals surface area contributed by atoms with Crippen molar-refractivity contribution in [2.24, 2.45) is 10.2 Å². The molecule has 4 aromatic rings. The van der Waals surface area contributed by atoms with Crippen LogP contribution in [0.25, 0.3) is 10.8 Å². The molecular formula is C20H13ClN6O11S4. The summed E-state index contributed by atoms with van der Waals surface area (Å²) in [6.45, 7) is 0. The number of rotatable bonds is 11. The number of hydrogen-bond donors (Lipinski definition) is 5. The number of carbonyl (C=O) groups is 1. The van der Waals surface area contributed by atoms with Crippen LogP contribution in [0.3, 0.4) is 0 Å². The molecule has 1 aromatic heterocycles. The number of phenols is 1. The van der Waals surface area contributed by atoms with Gasteiger partial charge in [-0.1, -0.05) is 11.1 Å². The van der Waals surface area contributed by atoms with Crippen molar-refractivity contribution >= 4 is 95.0 Å². The summed E-state index contributed by atoms with van der Waals surface area (Å²) in [5.74, 6) is -0.968. The summed E-state index contributed by atoms with van der Waals surface area (Å²) in [5, 5.41) is 33.3. The van der Waals surface area contributed by atoms with E-state index in [4.69, 9.17) is 16.9 Å². The van der Waals surface area contributed by atoms with E-state index in [2.05, 4.69) is 39.9 Å². The molecule has 0 atom stereocenters. The van der Waals surface area contributed by atoms with Gasteiger partial charge in [0.25, 0.3) is 10.1 Å². The third-order valence-corrected chi connectivity index (χ3v) is 8.16. The smallest absolute Gasteiger partial charge is 0.294 e. The van der Waals surface area contributed by atoms with Crippen LogP contribution in [0.4, 0.5) is 23.0 Å². The topological polar surface area (TPSA) is 260 Å². The van der Waals surface area contributed by atoms with Crippen LogP contribution in [0, 0.1) is 0 Å². The molecule has 0 saturated heterocycles. The summed E-state index contributed by atoms with van der Waals surface area (Å²) < 4.78 is 71.3. The molecule has 0 radical (unpaired) electrons. The van der Waals surface area contributed by atoms with Gasteiger partial charge in [0.05, 0.1) is 50.1 Å². The molecular weight excluding hydrogens is 664 g/mol. The summed E-state index contributed by atoms with van der Waals surface area (Å²) in [6, 6.07) is 7.97. The summed E-state index contributed by atoms with van der Waals surface area (Å²) in [4.78, 5) is 21.2. The Labute approximate surface area is 248 Å². The van der Waals surface area contributed by atoms with Gasteiger partial charge in [-0.25, -0.2) is 13.7 Å². The number of benzene rings is 3. The minimum absolute atomic E-state index is 0.0379. The van der Waals surface area contributed by atoms with Crippen LogP contribution in [0.2, 0.25) is 5.28 Å². The summed E-state index contributed by atoms with van der Waals surface area (Å²) in [7, 11) is -9.05.